The van der Waals surface area contributed by atoms with E-state index in [0.717, 1.165) is 11.3 Å². The molecule has 0 unspecified atom stereocenters. The molecule has 1 aliphatic rings. The van der Waals surface area contributed by atoms with Gasteiger partial charge in [0, 0.05) is 48.6 Å². The van der Waals surface area contributed by atoms with E-state index >= 15 is 0 Å². The number of methoxy groups -OCH3 is 1. The molecule has 1 heterocycles. The van der Waals surface area contributed by atoms with E-state index in [1.165, 1.54) is 18.2 Å². The van der Waals surface area contributed by atoms with Crippen LogP contribution in [-0.4, -0.2) is 43.6 Å². The third kappa shape index (κ3) is 5.00. The van der Waals surface area contributed by atoms with Gasteiger partial charge in [0.1, 0.15) is 5.75 Å². The van der Waals surface area contributed by atoms with Gasteiger partial charge in [-0.25, -0.2) is 0 Å². The third-order valence-electron chi connectivity index (χ3n) is 5.59. The van der Waals surface area contributed by atoms with Gasteiger partial charge in [0.15, 0.2) is 0 Å². The Morgan fingerprint density at radius 1 is 1.16 bits per heavy atom. The Labute approximate surface area is 179 Å². The zero-order valence-corrected chi connectivity index (χ0v) is 17.5. The van der Waals surface area contributed by atoms with E-state index in [0.29, 0.717) is 37.3 Å². The molecule has 0 atom stereocenters. The first kappa shape index (κ1) is 22.2. The Kier molecular flexibility index (Phi) is 6.86. The number of rotatable bonds is 6. The number of hydrogen-bond donors (Lipinski definition) is 2. The molecule has 2 aromatic rings. The summed E-state index contributed by atoms with van der Waals surface area (Å²) in [4.78, 5) is 35.3. The van der Waals surface area contributed by atoms with Gasteiger partial charge >= 0.3 is 11.8 Å². The standard InChI is InChI=1S/C22H25N3O6/c1-15-13-16(25(28)29)7-8-18(15)24-21(27)20(26)23-14-22(9-11-31-12-10-22)17-5-3-4-6-19(17)30-2/h3-8,13H,9-12,14H2,1-2H3,(H,23,26)(H,24,27). The van der Waals surface area contributed by atoms with Gasteiger partial charge in [-0.05, 0) is 37.5 Å². The summed E-state index contributed by atoms with van der Waals surface area (Å²) in [5.41, 5.74) is 1.30. The molecule has 3 rings (SSSR count). The first-order chi connectivity index (χ1) is 14.9. The van der Waals surface area contributed by atoms with E-state index in [2.05, 4.69) is 10.6 Å². The van der Waals surface area contributed by atoms with Crippen LogP contribution in [0.25, 0.3) is 0 Å². The van der Waals surface area contributed by atoms with E-state index in [4.69, 9.17) is 9.47 Å². The number of nitro groups is 1. The summed E-state index contributed by atoms with van der Waals surface area (Å²) in [6.45, 7) is 2.96. The number of nitro benzene ring substituents is 1. The minimum atomic E-state index is -0.834. The van der Waals surface area contributed by atoms with Crippen LogP contribution in [0.5, 0.6) is 5.75 Å². The lowest BCUT2D eigenvalue weighted by Crippen LogP contribution is -2.47. The van der Waals surface area contributed by atoms with E-state index in [1.807, 2.05) is 24.3 Å². The van der Waals surface area contributed by atoms with E-state index < -0.39 is 22.2 Å². The first-order valence-electron chi connectivity index (χ1n) is 9.92. The van der Waals surface area contributed by atoms with Gasteiger partial charge in [-0.15, -0.1) is 0 Å². The second-order valence-electron chi connectivity index (χ2n) is 7.49. The van der Waals surface area contributed by atoms with Crippen LogP contribution >= 0.6 is 0 Å². The topological polar surface area (TPSA) is 120 Å². The number of carbonyl (C=O) groups is 2. The van der Waals surface area contributed by atoms with E-state index in [-0.39, 0.29) is 12.2 Å². The highest BCUT2D eigenvalue weighted by Gasteiger charge is 2.37. The van der Waals surface area contributed by atoms with Gasteiger partial charge in [0.05, 0.1) is 12.0 Å². The number of non-ortho nitro benzene ring substituents is 1. The molecule has 0 spiro atoms. The maximum atomic E-state index is 12.5. The van der Waals surface area contributed by atoms with Crippen molar-refractivity contribution in [2.45, 2.75) is 25.2 Å². The van der Waals surface area contributed by atoms with Crippen LogP contribution in [0.1, 0.15) is 24.0 Å². The normalized spacial score (nSPS) is 15.0. The Morgan fingerprint density at radius 2 is 1.87 bits per heavy atom. The molecule has 2 aromatic carbocycles. The Balaban J connectivity index is 1.71. The van der Waals surface area contributed by atoms with Crippen molar-refractivity contribution in [2.75, 3.05) is 32.2 Å². The molecule has 0 aromatic heterocycles. The lowest BCUT2D eigenvalue weighted by molar-refractivity contribution is -0.384. The van der Waals surface area contributed by atoms with Crippen molar-refractivity contribution in [3.8, 4) is 5.75 Å². The molecular weight excluding hydrogens is 402 g/mol. The molecule has 9 heteroatoms. The second kappa shape index (κ2) is 9.57. The van der Waals surface area contributed by atoms with E-state index in [9.17, 15) is 19.7 Å². The highest BCUT2D eigenvalue weighted by atomic mass is 16.6. The molecule has 0 aliphatic carbocycles. The predicted molar refractivity (Wildman–Crippen MR) is 114 cm³/mol. The van der Waals surface area contributed by atoms with Crippen molar-refractivity contribution in [1.82, 2.24) is 5.32 Å². The highest BCUT2D eigenvalue weighted by molar-refractivity contribution is 6.39. The SMILES string of the molecule is COc1ccccc1C1(CNC(=O)C(=O)Nc2ccc([N+](=O)[O-])cc2C)CCOCC1. The number of aryl methyl sites for hydroxylation is 1. The lowest BCUT2D eigenvalue weighted by atomic mass is 9.73. The number of anilines is 1. The molecule has 164 valence electrons. The Bertz CT molecular complexity index is 985. The fraction of sp³-hybridized carbons (Fsp3) is 0.364. The monoisotopic (exact) mass is 427 g/mol. The first-order valence-corrected chi connectivity index (χ1v) is 9.92. The fourth-order valence-electron chi connectivity index (χ4n) is 3.80. The van der Waals surface area contributed by atoms with Crippen LogP contribution in [0.15, 0.2) is 42.5 Å². The van der Waals surface area contributed by atoms with Crippen LogP contribution in [-0.2, 0) is 19.7 Å². The number of carbonyl (C=O) groups excluding carboxylic acids is 2. The number of amides is 2. The predicted octanol–water partition coefficient (Wildman–Crippen LogP) is 2.71. The van der Waals surface area contributed by atoms with Crippen molar-refractivity contribution < 1.29 is 24.0 Å². The zero-order chi connectivity index (χ0) is 22.4. The van der Waals surface area contributed by atoms with Crippen LogP contribution in [0.4, 0.5) is 11.4 Å². The van der Waals surface area contributed by atoms with Crippen molar-refractivity contribution in [2.24, 2.45) is 0 Å². The Morgan fingerprint density at radius 3 is 2.52 bits per heavy atom. The quantitative estimate of drug-likeness (QED) is 0.416. The minimum absolute atomic E-state index is 0.0850. The van der Waals surface area contributed by atoms with Gasteiger partial charge < -0.3 is 20.1 Å². The molecular formula is C22H25N3O6. The van der Waals surface area contributed by atoms with Crippen LogP contribution in [0.3, 0.4) is 0 Å². The summed E-state index contributed by atoms with van der Waals surface area (Å²) in [5, 5.41) is 16.1. The number of nitrogens with zero attached hydrogens (tertiary/aromatic N) is 1. The number of para-hydroxylation sites is 1. The molecule has 1 saturated heterocycles. The van der Waals surface area contributed by atoms with Crippen molar-refractivity contribution in [1.29, 1.82) is 0 Å². The Hall–Kier alpha value is -3.46. The molecule has 2 amide bonds. The van der Waals surface area contributed by atoms with Gasteiger partial charge in [0.25, 0.3) is 5.69 Å². The zero-order valence-electron chi connectivity index (χ0n) is 17.5. The van der Waals surface area contributed by atoms with Crippen LogP contribution < -0.4 is 15.4 Å². The molecule has 0 bridgehead atoms. The summed E-state index contributed by atoms with van der Waals surface area (Å²) in [6, 6.07) is 11.7. The number of ether oxygens (including phenoxy) is 2. The molecule has 2 N–H and O–H groups in total. The largest absolute Gasteiger partial charge is 0.496 e. The van der Waals surface area contributed by atoms with Gasteiger partial charge in [-0.3, -0.25) is 19.7 Å². The van der Waals surface area contributed by atoms with Crippen LogP contribution in [0, 0.1) is 17.0 Å². The maximum Gasteiger partial charge on any atom is 0.313 e. The summed E-state index contributed by atoms with van der Waals surface area (Å²) < 4.78 is 11.0. The molecule has 1 aliphatic heterocycles. The average molecular weight is 427 g/mol. The van der Waals surface area contributed by atoms with Crippen molar-refractivity contribution >= 4 is 23.2 Å². The number of nitrogens with one attached hydrogen (secondary N) is 2. The van der Waals surface area contributed by atoms with Crippen molar-refractivity contribution in [3.05, 3.63) is 63.7 Å². The summed E-state index contributed by atoms with van der Waals surface area (Å²) in [5.74, 6) is -0.887. The third-order valence-corrected chi connectivity index (χ3v) is 5.59. The summed E-state index contributed by atoms with van der Waals surface area (Å²) >= 11 is 0. The number of hydrogen-bond acceptors (Lipinski definition) is 6. The molecule has 31 heavy (non-hydrogen) atoms. The average Bonchev–Trinajstić information content (AvgIpc) is 2.79. The van der Waals surface area contributed by atoms with Gasteiger partial charge in [-0.1, -0.05) is 18.2 Å². The minimum Gasteiger partial charge on any atom is -0.496 e. The molecule has 0 radical (unpaired) electrons. The maximum absolute atomic E-state index is 12.5. The van der Waals surface area contributed by atoms with Gasteiger partial charge in [-0.2, -0.15) is 0 Å². The van der Waals surface area contributed by atoms with Gasteiger partial charge in [0.2, 0.25) is 0 Å². The summed E-state index contributed by atoms with van der Waals surface area (Å²) in [6.07, 6.45) is 1.35. The smallest absolute Gasteiger partial charge is 0.313 e. The number of benzene rings is 2. The fourth-order valence-corrected chi connectivity index (χ4v) is 3.80. The molecule has 0 saturated carbocycles. The lowest BCUT2D eigenvalue weighted by Gasteiger charge is -2.38. The van der Waals surface area contributed by atoms with Crippen molar-refractivity contribution in [3.63, 3.8) is 0 Å². The summed E-state index contributed by atoms with van der Waals surface area (Å²) in [7, 11) is 1.60. The second-order valence-corrected chi connectivity index (χ2v) is 7.49. The van der Waals surface area contributed by atoms with Crippen LogP contribution in [0.2, 0.25) is 0 Å². The molecule has 1 fully saturated rings. The molecule has 9 nitrogen and oxygen atoms in total. The van der Waals surface area contributed by atoms with E-state index in [1.54, 1.807) is 14.0 Å². The highest BCUT2D eigenvalue weighted by Crippen LogP contribution is 2.39.